The lowest BCUT2D eigenvalue weighted by Crippen LogP contribution is -2.12. The number of primary amides is 1. The van der Waals surface area contributed by atoms with Gasteiger partial charge in [-0.25, -0.2) is 14.6 Å². The Hall–Kier alpha value is -3.30. The van der Waals surface area contributed by atoms with Crippen molar-refractivity contribution in [3.05, 3.63) is 35.9 Å². The van der Waals surface area contributed by atoms with E-state index in [1.54, 1.807) is 0 Å². The Bertz CT molecular complexity index is 568. The molecule has 10 heteroatoms. The second-order valence-corrected chi connectivity index (χ2v) is 3.34. The second-order valence-electron chi connectivity index (χ2n) is 3.34. The molecule has 0 aliphatic carbocycles. The molecule has 5 N–H and O–H groups in total. The molecule has 0 aromatic carbocycles. The summed E-state index contributed by atoms with van der Waals surface area (Å²) in [5, 5.41) is 24.5. The lowest BCUT2D eigenvalue weighted by atomic mass is 10.2. The minimum Gasteiger partial charge on any atom is -0.481 e. The number of hydrogen-bond acceptors (Lipinski definition) is 6. The maximum absolute atomic E-state index is 10.3. The van der Waals surface area contributed by atoms with E-state index in [4.69, 9.17) is 21.1 Å². The zero-order valence-electron chi connectivity index (χ0n) is 10.5. The van der Waals surface area contributed by atoms with Crippen LogP contribution in [0.2, 0.25) is 0 Å². The molecule has 0 fully saturated rings. The number of carbonyl (C=O) groups excluding carboxylic acids is 1. The van der Waals surface area contributed by atoms with Gasteiger partial charge in [0, 0.05) is 18.5 Å². The molecule has 1 amide bonds. The predicted molar refractivity (Wildman–Crippen MR) is 66.2 cm³/mol. The van der Waals surface area contributed by atoms with E-state index < -0.39 is 35.8 Å². The molecular weight excluding hydrogens is 286 g/mol. The van der Waals surface area contributed by atoms with Crippen LogP contribution in [0.3, 0.4) is 0 Å². The molecule has 0 radical (unpaired) electrons. The third-order valence-electron chi connectivity index (χ3n) is 1.73. The molecule has 0 spiro atoms. The Morgan fingerprint density at radius 1 is 1.14 bits per heavy atom. The first kappa shape index (κ1) is 17.7. The van der Waals surface area contributed by atoms with E-state index in [0.717, 1.165) is 0 Å². The fraction of sp³-hybridized carbons (Fsp3) is 0.0909. The zero-order valence-corrected chi connectivity index (χ0v) is 10.5. The van der Waals surface area contributed by atoms with E-state index >= 15 is 0 Å². The summed E-state index contributed by atoms with van der Waals surface area (Å²) in [6.45, 7) is 0. The van der Waals surface area contributed by atoms with Crippen LogP contribution in [-0.2, 0) is 14.4 Å². The van der Waals surface area contributed by atoms with Gasteiger partial charge >= 0.3 is 17.9 Å². The van der Waals surface area contributed by atoms with E-state index in [2.05, 4.69) is 9.97 Å². The molecule has 0 aliphatic rings. The van der Waals surface area contributed by atoms with Gasteiger partial charge in [-0.15, -0.1) is 0 Å². The molecule has 0 bridgehead atoms. The highest BCUT2D eigenvalue weighted by atomic mass is 16.4. The molecule has 10 nitrogen and oxygen atoms in total. The lowest BCUT2D eigenvalue weighted by molar-refractivity contribution is -0.140. The number of aliphatic carboxylic acids is 3. The van der Waals surface area contributed by atoms with Gasteiger partial charge < -0.3 is 21.1 Å². The van der Waals surface area contributed by atoms with Crippen LogP contribution in [0.4, 0.5) is 0 Å². The molecule has 0 saturated heterocycles. The van der Waals surface area contributed by atoms with Crippen LogP contribution in [0.1, 0.15) is 16.9 Å². The second kappa shape index (κ2) is 8.74. The first-order valence-electron chi connectivity index (χ1n) is 5.18. The van der Waals surface area contributed by atoms with Gasteiger partial charge in [-0.3, -0.25) is 14.6 Å². The summed E-state index contributed by atoms with van der Waals surface area (Å²) in [6, 6.07) is 0. The predicted octanol–water partition coefficient (Wildman–Crippen LogP) is -0.868. The monoisotopic (exact) mass is 297 g/mol. The highest BCUT2D eigenvalue weighted by molar-refractivity contribution is 5.98. The van der Waals surface area contributed by atoms with Crippen LogP contribution in [0.15, 0.2) is 30.2 Å². The zero-order chi connectivity index (χ0) is 16.4. The van der Waals surface area contributed by atoms with Gasteiger partial charge in [-0.1, -0.05) is 0 Å². The molecule has 1 heterocycles. The molecule has 112 valence electrons. The highest BCUT2D eigenvalue weighted by Crippen LogP contribution is 2.00. The topological polar surface area (TPSA) is 181 Å². The summed E-state index contributed by atoms with van der Waals surface area (Å²) in [5.74, 6) is -4.96. The Morgan fingerprint density at radius 2 is 1.76 bits per heavy atom. The van der Waals surface area contributed by atoms with Gasteiger partial charge in [0.15, 0.2) is 0 Å². The van der Waals surface area contributed by atoms with Crippen LogP contribution in [0.5, 0.6) is 0 Å². The van der Waals surface area contributed by atoms with Crippen LogP contribution >= 0.6 is 0 Å². The Morgan fingerprint density at radius 3 is 2.05 bits per heavy atom. The number of rotatable bonds is 5. The van der Waals surface area contributed by atoms with Gasteiger partial charge in [-0.05, 0) is 0 Å². The van der Waals surface area contributed by atoms with E-state index in [0.29, 0.717) is 6.08 Å². The third-order valence-corrected chi connectivity index (χ3v) is 1.73. The summed E-state index contributed by atoms with van der Waals surface area (Å²) in [7, 11) is 0. The maximum Gasteiger partial charge on any atom is 0.332 e. The summed E-state index contributed by atoms with van der Waals surface area (Å²) < 4.78 is 0. The number of nitrogens with zero attached hydrogens (tertiary/aromatic N) is 2. The number of carbonyl (C=O) groups is 4. The van der Waals surface area contributed by atoms with Gasteiger partial charge in [0.1, 0.15) is 5.69 Å². The van der Waals surface area contributed by atoms with Crippen LogP contribution in [-0.4, -0.2) is 49.1 Å². The summed E-state index contributed by atoms with van der Waals surface area (Å²) >= 11 is 0. The van der Waals surface area contributed by atoms with Crippen LogP contribution in [0, 0.1) is 0 Å². The molecule has 0 unspecified atom stereocenters. The van der Waals surface area contributed by atoms with E-state index in [-0.39, 0.29) is 5.69 Å². The summed E-state index contributed by atoms with van der Waals surface area (Å²) in [6.07, 6.45) is 3.77. The Labute approximate surface area is 117 Å². The number of nitrogens with two attached hydrogens (primary N) is 1. The van der Waals surface area contributed by atoms with Crippen LogP contribution in [0.25, 0.3) is 0 Å². The molecule has 1 rings (SSSR count). The number of amides is 1. The minimum absolute atomic E-state index is 0.192. The number of hydrogen-bond donors (Lipinski definition) is 4. The number of carboxylic acids is 3. The van der Waals surface area contributed by atoms with E-state index in [1.165, 1.54) is 18.6 Å². The molecule has 1 aromatic rings. The maximum atomic E-state index is 10.3. The van der Waals surface area contributed by atoms with Crippen molar-refractivity contribution in [1.82, 2.24) is 9.97 Å². The normalized spacial score (nSPS) is 10.0. The molecule has 21 heavy (non-hydrogen) atoms. The van der Waals surface area contributed by atoms with Crippen molar-refractivity contribution in [3.63, 3.8) is 0 Å². The molecular formula is C11H11N3O7. The smallest absolute Gasteiger partial charge is 0.332 e. The SMILES string of the molecule is NC(=O)c1cnccn1.O=C(O)/C=C(\CC(=O)O)C(=O)O. The molecule has 0 aliphatic heterocycles. The molecule has 0 saturated carbocycles. The quantitative estimate of drug-likeness (QED) is 0.502. The van der Waals surface area contributed by atoms with Gasteiger partial charge in [0.05, 0.1) is 18.2 Å². The highest BCUT2D eigenvalue weighted by Gasteiger charge is 2.12. The number of carboxylic acid groups (broad SMARTS) is 3. The van der Waals surface area contributed by atoms with Crippen molar-refractivity contribution in [3.8, 4) is 0 Å². The first-order chi connectivity index (χ1) is 9.73. The van der Waals surface area contributed by atoms with E-state index in [9.17, 15) is 19.2 Å². The minimum atomic E-state index is -1.54. The van der Waals surface area contributed by atoms with Gasteiger partial charge in [-0.2, -0.15) is 0 Å². The van der Waals surface area contributed by atoms with Crippen molar-refractivity contribution in [1.29, 1.82) is 0 Å². The number of aromatic nitrogens is 2. The molecule has 0 atom stereocenters. The fourth-order valence-electron chi connectivity index (χ4n) is 0.927. The first-order valence-corrected chi connectivity index (χ1v) is 5.18. The fourth-order valence-corrected chi connectivity index (χ4v) is 0.927. The summed E-state index contributed by atoms with van der Waals surface area (Å²) in [5.41, 5.74) is 4.41. The van der Waals surface area contributed by atoms with E-state index in [1.807, 2.05) is 0 Å². The van der Waals surface area contributed by atoms with Gasteiger partial charge in [0.2, 0.25) is 0 Å². The Balaban J connectivity index is 0.000000394. The van der Waals surface area contributed by atoms with Crippen molar-refractivity contribution in [2.24, 2.45) is 5.73 Å². The average Bonchev–Trinajstić information content (AvgIpc) is 2.38. The van der Waals surface area contributed by atoms with Gasteiger partial charge in [0.25, 0.3) is 5.91 Å². The Kier molecular flexibility index (Phi) is 7.37. The van der Waals surface area contributed by atoms with Crippen molar-refractivity contribution in [2.75, 3.05) is 0 Å². The largest absolute Gasteiger partial charge is 0.481 e. The van der Waals surface area contributed by atoms with Crippen molar-refractivity contribution < 1.29 is 34.5 Å². The average molecular weight is 297 g/mol. The van der Waals surface area contributed by atoms with Crippen molar-refractivity contribution in [2.45, 2.75) is 6.42 Å². The summed E-state index contributed by atoms with van der Waals surface area (Å²) in [4.78, 5) is 47.7. The van der Waals surface area contributed by atoms with Crippen molar-refractivity contribution >= 4 is 23.8 Å². The van der Waals surface area contributed by atoms with Crippen LogP contribution < -0.4 is 5.73 Å². The standard InChI is InChI=1S/C6H6O6.C5H5N3O/c7-4(8)1-3(6(11)12)2-5(9)10;6-5(9)4-3-7-1-2-8-4/h1H,2H2,(H,7,8)(H,9,10)(H,11,12);1-3H,(H2,6,9)/b3-1+;. The lowest BCUT2D eigenvalue weighted by Gasteiger charge is -1.94. The third kappa shape index (κ3) is 8.42. The molecule has 1 aromatic heterocycles.